The highest BCUT2D eigenvalue weighted by atomic mass is 19.1. The molecular formula is C21H26FN3O2. The number of rotatable bonds is 7. The second-order valence-corrected chi connectivity index (χ2v) is 6.84. The van der Waals surface area contributed by atoms with Crippen molar-refractivity contribution < 1.29 is 14.0 Å². The van der Waals surface area contributed by atoms with Gasteiger partial charge in [0.25, 0.3) is 5.91 Å². The monoisotopic (exact) mass is 371 g/mol. The number of benzene rings is 2. The van der Waals surface area contributed by atoms with E-state index < -0.39 is 6.04 Å². The number of aryl methyl sites for hydroxylation is 1. The zero-order valence-electron chi connectivity index (χ0n) is 16.1. The minimum atomic E-state index is -0.687. The van der Waals surface area contributed by atoms with E-state index in [1.54, 1.807) is 31.2 Å². The summed E-state index contributed by atoms with van der Waals surface area (Å²) >= 11 is 0. The van der Waals surface area contributed by atoms with Gasteiger partial charge in [-0.2, -0.15) is 0 Å². The number of hydrogen-bond acceptors (Lipinski definition) is 3. The first-order chi connectivity index (χ1) is 12.8. The molecule has 2 N–H and O–H groups in total. The van der Waals surface area contributed by atoms with Crippen LogP contribution in [-0.2, 0) is 4.79 Å². The van der Waals surface area contributed by atoms with E-state index in [9.17, 15) is 14.0 Å². The summed E-state index contributed by atoms with van der Waals surface area (Å²) < 4.78 is 13.5. The van der Waals surface area contributed by atoms with Crippen LogP contribution in [0.5, 0.6) is 0 Å². The standard InChI is InChI=1S/C21H26FN3O2/c1-14-7-5-9-17(11-14)21(27)24-15(2)20(26)23-13-19(25(3)4)16-8-6-10-18(22)12-16/h5-12,15,19H,13H2,1-4H3,(H,23,26)(H,24,27). The summed E-state index contributed by atoms with van der Waals surface area (Å²) in [4.78, 5) is 26.6. The van der Waals surface area contributed by atoms with Gasteiger partial charge in [-0.3, -0.25) is 9.59 Å². The smallest absolute Gasteiger partial charge is 0.251 e. The Morgan fingerprint density at radius 1 is 1.11 bits per heavy atom. The fourth-order valence-electron chi connectivity index (χ4n) is 2.79. The molecule has 5 nitrogen and oxygen atoms in total. The molecule has 2 unspecified atom stereocenters. The highest BCUT2D eigenvalue weighted by Crippen LogP contribution is 2.18. The van der Waals surface area contributed by atoms with Crippen molar-refractivity contribution in [2.45, 2.75) is 25.9 Å². The summed E-state index contributed by atoms with van der Waals surface area (Å²) in [6.07, 6.45) is 0. The maximum Gasteiger partial charge on any atom is 0.251 e. The molecule has 2 aromatic carbocycles. The summed E-state index contributed by atoms with van der Waals surface area (Å²) in [6, 6.07) is 12.6. The molecule has 0 radical (unpaired) electrons. The molecular weight excluding hydrogens is 345 g/mol. The number of carbonyl (C=O) groups excluding carboxylic acids is 2. The maximum atomic E-state index is 13.5. The number of carbonyl (C=O) groups is 2. The van der Waals surface area contributed by atoms with E-state index in [0.717, 1.165) is 11.1 Å². The van der Waals surface area contributed by atoms with Gasteiger partial charge >= 0.3 is 0 Å². The molecule has 6 heteroatoms. The minimum absolute atomic E-state index is 0.177. The van der Waals surface area contributed by atoms with Crippen LogP contribution in [0.3, 0.4) is 0 Å². The summed E-state index contributed by atoms with van der Waals surface area (Å²) in [6.45, 7) is 3.84. The molecule has 0 heterocycles. The number of nitrogens with one attached hydrogen (secondary N) is 2. The molecule has 144 valence electrons. The summed E-state index contributed by atoms with van der Waals surface area (Å²) in [5, 5.41) is 5.53. The van der Waals surface area contributed by atoms with Crippen LogP contribution in [0.2, 0.25) is 0 Å². The number of amides is 2. The van der Waals surface area contributed by atoms with E-state index in [0.29, 0.717) is 12.1 Å². The Hall–Kier alpha value is -2.73. The number of halogens is 1. The van der Waals surface area contributed by atoms with Crippen molar-refractivity contribution in [3.63, 3.8) is 0 Å². The van der Waals surface area contributed by atoms with Crippen LogP contribution in [0.15, 0.2) is 48.5 Å². The highest BCUT2D eigenvalue weighted by molar-refractivity contribution is 5.97. The van der Waals surface area contributed by atoms with Crippen LogP contribution in [0.25, 0.3) is 0 Å². The van der Waals surface area contributed by atoms with Gasteiger partial charge in [-0.15, -0.1) is 0 Å². The molecule has 0 bridgehead atoms. The predicted octanol–water partition coefficient (Wildman–Crippen LogP) is 2.67. The van der Waals surface area contributed by atoms with E-state index in [-0.39, 0.29) is 23.7 Å². The number of nitrogens with zero attached hydrogens (tertiary/aromatic N) is 1. The van der Waals surface area contributed by atoms with E-state index in [1.807, 2.05) is 38.1 Å². The summed E-state index contributed by atoms with van der Waals surface area (Å²) in [5.74, 6) is -0.903. The van der Waals surface area contributed by atoms with Gasteiger partial charge in [0.15, 0.2) is 0 Å². The van der Waals surface area contributed by atoms with Gasteiger partial charge in [0.1, 0.15) is 11.9 Å². The van der Waals surface area contributed by atoms with Crippen molar-refractivity contribution in [3.05, 3.63) is 71.0 Å². The van der Waals surface area contributed by atoms with Gasteiger partial charge in [0, 0.05) is 12.1 Å². The van der Waals surface area contributed by atoms with E-state index in [4.69, 9.17) is 0 Å². The lowest BCUT2D eigenvalue weighted by molar-refractivity contribution is -0.122. The van der Waals surface area contributed by atoms with Crippen LogP contribution < -0.4 is 10.6 Å². The molecule has 0 aliphatic carbocycles. The van der Waals surface area contributed by atoms with Crippen molar-refractivity contribution in [2.24, 2.45) is 0 Å². The van der Waals surface area contributed by atoms with E-state index in [1.165, 1.54) is 12.1 Å². The molecule has 0 aromatic heterocycles. The molecule has 0 aliphatic rings. The van der Waals surface area contributed by atoms with Crippen LogP contribution in [0.1, 0.15) is 34.5 Å². The van der Waals surface area contributed by atoms with Crippen LogP contribution >= 0.6 is 0 Å². The first-order valence-electron chi connectivity index (χ1n) is 8.85. The first kappa shape index (κ1) is 20.6. The second-order valence-electron chi connectivity index (χ2n) is 6.84. The molecule has 0 spiro atoms. The van der Waals surface area contributed by atoms with Crippen molar-refractivity contribution in [2.75, 3.05) is 20.6 Å². The molecule has 2 rings (SSSR count). The molecule has 27 heavy (non-hydrogen) atoms. The van der Waals surface area contributed by atoms with Crippen LogP contribution in [-0.4, -0.2) is 43.4 Å². The third-order valence-corrected chi connectivity index (χ3v) is 4.35. The third-order valence-electron chi connectivity index (χ3n) is 4.35. The molecule has 0 fully saturated rings. The molecule has 2 amide bonds. The van der Waals surface area contributed by atoms with E-state index >= 15 is 0 Å². The molecule has 0 saturated heterocycles. The Balaban J connectivity index is 1.95. The average Bonchev–Trinajstić information content (AvgIpc) is 2.61. The maximum absolute atomic E-state index is 13.5. The fourth-order valence-corrected chi connectivity index (χ4v) is 2.79. The van der Waals surface area contributed by atoms with Gasteiger partial charge in [-0.05, 0) is 57.8 Å². The van der Waals surface area contributed by atoms with Gasteiger partial charge in [0.05, 0.1) is 6.04 Å². The van der Waals surface area contributed by atoms with Gasteiger partial charge in [0.2, 0.25) is 5.91 Å². The SMILES string of the molecule is Cc1cccc(C(=O)NC(C)C(=O)NCC(c2cccc(F)c2)N(C)C)c1. The third kappa shape index (κ3) is 5.89. The molecule has 0 saturated carbocycles. The lowest BCUT2D eigenvalue weighted by atomic mass is 10.1. The Morgan fingerprint density at radius 2 is 1.81 bits per heavy atom. The zero-order valence-corrected chi connectivity index (χ0v) is 16.1. The van der Waals surface area contributed by atoms with Crippen molar-refractivity contribution in [1.29, 1.82) is 0 Å². The molecule has 2 atom stereocenters. The Bertz CT molecular complexity index is 808. The second kappa shape index (κ2) is 9.28. The predicted molar refractivity (Wildman–Crippen MR) is 104 cm³/mol. The lowest BCUT2D eigenvalue weighted by Crippen LogP contribution is -2.46. The van der Waals surface area contributed by atoms with Crippen LogP contribution in [0.4, 0.5) is 4.39 Å². The van der Waals surface area contributed by atoms with Crippen molar-refractivity contribution in [3.8, 4) is 0 Å². The average molecular weight is 371 g/mol. The largest absolute Gasteiger partial charge is 0.352 e. The Kier molecular flexibility index (Phi) is 7.07. The lowest BCUT2D eigenvalue weighted by Gasteiger charge is -2.26. The Labute approximate surface area is 159 Å². The van der Waals surface area contributed by atoms with Gasteiger partial charge in [-0.1, -0.05) is 29.8 Å². The summed E-state index contributed by atoms with van der Waals surface area (Å²) in [7, 11) is 3.73. The van der Waals surface area contributed by atoms with Crippen LogP contribution in [0, 0.1) is 12.7 Å². The topological polar surface area (TPSA) is 61.4 Å². The normalized spacial score (nSPS) is 13.1. The molecule has 2 aromatic rings. The van der Waals surface area contributed by atoms with Gasteiger partial charge < -0.3 is 15.5 Å². The highest BCUT2D eigenvalue weighted by Gasteiger charge is 2.20. The van der Waals surface area contributed by atoms with Crippen molar-refractivity contribution in [1.82, 2.24) is 15.5 Å². The molecule has 0 aliphatic heterocycles. The van der Waals surface area contributed by atoms with E-state index in [2.05, 4.69) is 10.6 Å². The number of likely N-dealkylation sites (N-methyl/N-ethyl adjacent to an activating group) is 1. The van der Waals surface area contributed by atoms with Crippen molar-refractivity contribution >= 4 is 11.8 Å². The number of hydrogen-bond donors (Lipinski definition) is 2. The minimum Gasteiger partial charge on any atom is -0.352 e. The quantitative estimate of drug-likeness (QED) is 0.787. The van der Waals surface area contributed by atoms with Gasteiger partial charge in [-0.25, -0.2) is 4.39 Å². The fraction of sp³-hybridized carbons (Fsp3) is 0.333. The first-order valence-corrected chi connectivity index (χ1v) is 8.85. The summed E-state index contributed by atoms with van der Waals surface area (Å²) in [5.41, 5.74) is 2.26. The Morgan fingerprint density at radius 3 is 2.44 bits per heavy atom. The zero-order chi connectivity index (χ0) is 20.0.